The number of amides is 1. The van der Waals surface area contributed by atoms with Crippen molar-refractivity contribution in [2.45, 2.75) is 38.3 Å². The Kier molecular flexibility index (Phi) is 5.61. The van der Waals surface area contributed by atoms with Crippen LogP contribution in [0.15, 0.2) is 24.7 Å². The van der Waals surface area contributed by atoms with Gasteiger partial charge in [-0.3, -0.25) is 4.79 Å². The molecule has 1 aromatic carbocycles. The fraction of sp³-hybridized carbons (Fsp3) is 0.444. The predicted octanol–water partition coefficient (Wildman–Crippen LogP) is 2.56. The summed E-state index contributed by atoms with van der Waals surface area (Å²) < 4.78 is 41.9. The maximum Gasteiger partial charge on any atom is 0.224 e. The number of carbonyl (C=O) groups is 1. The Morgan fingerprint density at radius 3 is 2.62 bits per heavy atom. The second-order valence-electron chi connectivity index (χ2n) is 6.56. The molecule has 1 atom stereocenters. The average molecular weight is 366 g/mol. The lowest BCUT2D eigenvalue weighted by Crippen LogP contribution is -2.28. The summed E-state index contributed by atoms with van der Waals surface area (Å²) >= 11 is 0. The second kappa shape index (κ2) is 7.90. The summed E-state index contributed by atoms with van der Waals surface area (Å²) in [6, 6.07) is 1.94. The van der Waals surface area contributed by atoms with Gasteiger partial charge in [-0.2, -0.15) is 0 Å². The van der Waals surface area contributed by atoms with E-state index in [2.05, 4.69) is 4.98 Å². The molecule has 26 heavy (non-hydrogen) atoms. The maximum absolute atomic E-state index is 13.5. The largest absolute Gasteiger partial charge is 0.330 e. The smallest absolute Gasteiger partial charge is 0.224 e. The number of aromatic nitrogens is 2. The minimum absolute atomic E-state index is 0.109. The van der Waals surface area contributed by atoms with Gasteiger partial charge in [0, 0.05) is 30.8 Å². The summed E-state index contributed by atoms with van der Waals surface area (Å²) in [7, 11) is 0. The van der Waals surface area contributed by atoms with Crippen molar-refractivity contribution in [1.29, 1.82) is 0 Å². The molecule has 2 heterocycles. The van der Waals surface area contributed by atoms with Crippen LogP contribution < -0.4 is 5.73 Å². The van der Waals surface area contributed by atoms with E-state index < -0.39 is 17.5 Å². The number of carbonyl (C=O) groups excluding carboxylic acids is 1. The summed E-state index contributed by atoms with van der Waals surface area (Å²) in [5, 5.41) is 0. The quantitative estimate of drug-likeness (QED) is 0.605. The van der Waals surface area contributed by atoms with Crippen LogP contribution in [0.3, 0.4) is 0 Å². The molecular formula is C18H21F3N4O. The molecule has 2 aromatic rings. The Balaban J connectivity index is 1.68. The van der Waals surface area contributed by atoms with Gasteiger partial charge in [0.15, 0.2) is 17.5 Å². The molecule has 0 radical (unpaired) electrons. The first kappa shape index (κ1) is 18.4. The highest BCUT2D eigenvalue weighted by Crippen LogP contribution is 2.30. The first-order valence-corrected chi connectivity index (χ1v) is 8.61. The lowest BCUT2D eigenvalue weighted by Gasteiger charge is -2.19. The van der Waals surface area contributed by atoms with Gasteiger partial charge in [-0.1, -0.05) is 0 Å². The van der Waals surface area contributed by atoms with Gasteiger partial charge in [-0.25, -0.2) is 18.2 Å². The molecule has 1 aromatic heterocycles. The number of benzene rings is 1. The molecule has 8 heteroatoms. The van der Waals surface area contributed by atoms with Crippen LogP contribution in [0.5, 0.6) is 0 Å². The summed E-state index contributed by atoms with van der Waals surface area (Å²) in [6.07, 6.45) is 6.23. The molecule has 1 aliphatic rings. The number of likely N-dealkylation sites (tertiary alicyclic amines) is 1. The van der Waals surface area contributed by atoms with E-state index in [1.54, 1.807) is 17.4 Å². The Morgan fingerprint density at radius 1 is 1.19 bits per heavy atom. The van der Waals surface area contributed by atoms with Crippen LogP contribution in [0.25, 0.3) is 0 Å². The molecule has 1 aliphatic heterocycles. The first-order valence-electron chi connectivity index (χ1n) is 8.61. The van der Waals surface area contributed by atoms with E-state index >= 15 is 0 Å². The molecule has 1 fully saturated rings. The lowest BCUT2D eigenvalue weighted by atomic mass is 9.98. The number of unbranched alkanes of at least 4 members (excludes halogenated alkanes) is 1. The zero-order valence-corrected chi connectivity index (χ0v) is 14.3. The highest BCUT2D eigenvalue weighted by Gasteiger charge is 2.32. The van der Waals surface area contributed by atoms with Crippen molar-refractivity contribution in [2.75, 3.05) is 13.1 Å². The normalized spacial score (nSPS) is 17.3. The van der Waals surface area contributed by atoms with Crippen LogP contribution in [0.4, 0.5) is 13.2 Å². The number of aryl methyl sites for hydroxylation is 1. The van der Waals surface area contributed by atoms with Gasteiger partial charge in [-0.05, 0) is 43.5 Å². The third kappa shape index (κ3) is 3.90. The fourth-order valence-corrected chi connectivity index (χ4v) is 3.26. The number of hydrogen-bond acceptors (Lipinski definition) is 3. The van der Waals surface area contributed by atoms with Gasteiger partial charge in [0.2, 0.25) is 5.91 Å². The van der Waals surface area contributed by atoms with E-state index in [1.165, 1.54) is 0 Å². The number of hydrogen-bond donors (Lipinski definition) is 1. The summed E-state index contributed by atoms with van der Waals surface area (Å²) in [5.74, 6) is -4.43. The van der Waals surface area contributed by atoms with Gasteiger partial charge in [0.05, 0.1) is 13.0 Å². The number of halogens is 3. The van der Waals surface area contributed by atoms with Gasteiger partial charge in [-0.15, -0.1) is 0 Å². The van der Waals surface area contributed by atoms with Gasteiger partial charge >= 0.3 is 0 Å². The zero-order valence-electron chi connectivity index (χ0n) is 14.3. The van der Waals surface area contributed by atoms with Crippen LogP contribution in [-0.4, -0.2) is 33.4 Å². The Morgan fingerprint density at radius 2 is 1.92 bits per heavy atom. The van der Waals surface area contributed by atoms with E-state index in [0.717, 1.165) is 37.1 Å². The molecule has 2 N–H and O–H groups in total. The number of imidazole rings is 1. The monoisotopic (exact) mass is 366 g/mol. The Bertz CT molecular complexity index is 769. The lowest BCUT2D eigenvalue weighted by molar-refractivity contribution is -0.129. The summed E-state index contributed by atoms with van der Waals surface area (Å²) in [5.41, 5.74) is 6.81. The highest BCUT2D eigenvalue weighted by atomic mass is 19.2. The van der Waals surface area contributed by atoms with Crippen molar-refractivity contribution >= 4 is 5.91 Å². The van der Waals surface area contributed by atoms with E-state index in [0.29, 0.717) is 25.3 Å². The molecule has 1 unspecified atom stereocenters. The Labute approximate surface area is 149 Å². The van der Waals surface area contributed by atoms with Crippen molar-refractivity contribution in [1.82, 2.24) is 14.5 Å². The molecule has 1 amide bonds. The molecule has 0 bridgehead atoms. The van der Waals surface area contributed by atoms with E-state index in [-0.39, 0.29) is 18.2 Å². The number of rotatable bonds is 7. The minimum atomic E-state index is -1.49. The Hall–Kier alpha value is -2.35. The SMILES string of the molecule is NCCCCc1cncn1CN1CC(c2cc(F)c(F)c(F)c2)CC1=O. The third-order valence-electron chi connectivity index (χ3n) is 4.70. The van der Waals surface area contributed by atoms with Crippen LogP contribution in [0.2, 0.25) is 0 Å². The topological polar surface area (TPSA) is 64.2 Å². The van der Waals surface area contributed by atoms with Crippen molar-refractivity contribution in [3.8, 4) is 0 Å². The van der Waals surface area contributed by atoms with E-state index in [9.17, 15) is 18.0 Å². The molecule has 5 nitrogen and oxygen atoms in total. The predicted molar refractivity (Wildman–Crippen MR) is 89.6 cm³/mol. The second-order valence-corrected chi connectivity index (χ2v) is 6.56. The number of nitrogens with zero attached hydrogens (tertiary/aromatic N) is 3. The highest BCUT2D eigenvalue weighted by molar-refractivity contribution is 5.79. The van der Waals surface area contributed by atoms with Crippen LogP contribution in [0, 0.1) is 17.5 Å². The number of nitrogens with two attached hydrogens (primary N) is 1. The molecular weight excluding hydrogens is 345 g/mol. The third-order valence-corrected chi connectivity index (χ3v) is 4.70. The molecule has 140 valence electrons. The van der Waals surface area contributed by atoms with Gasteiger partial charge in [0.25, 0.3) is 0 Å². The molecule has 0 spiro atoms. The van der Waals surface area contributed by atoms with Gasteiger partial charge < -0.3 is 15.2 Å². The van der Waals surface area contributed by atoms with Crippen molar-refractivity contribution in [3.05, 3.63) is 53.4 Å². The van der Waals surface area contributed by atoms with E-state index in [4.69, 9.17) is 5.73 Å². The van der Waals surface area contributed by atoms with E-state index in [1.807, 2.05) is 4.57 Å². The average Bonchev–Trinajstić information content (AvgIpc) is 3.20. The van der Waals surface area contributed by atoms with Crippen molar-refractivity contribution in [3.63, 3.8) is 0 Å². The minimum Gasteiger partial charge on any atom is -0.330 e. The molecule has 3 rings (SSSR count). The fourth-order valence-electron chi connectivity index (χ4n) is 3.26. The van der Waals surface area contributed by atoms with Crippen LogP contribution >= 0.6 is 0 Å². The molecule has 0 aliphatic carbocycles. The first-order chi connectivity index (χ1) is 12.5. The maximum atomic E-state index is 13.5. The molecule has 1 saturated heterocycles. The molecule has 0 saturated carbocycles. The summed E-state index contributed by atoms with van der Waals surface area (Å²) in [6.45, 7) is 1.29. The van der Waals surface area contributed by atoms with Crippen LogP contribution in [0.1, 0.15) is 36.4 Å². The zero-order chi connectivity index (χ0) is 18.7. The van der Waals surface area contributed by atoms with Gasteiger partial charge in [0.1, 0.15) is 0 Å². The summed E-state index contributed by atoms with van der Waals surface area (Å²) in [4.78, 5) is 18.1. The van der Waals surface area contributed by atoms with Crippen molar-refractivity contribution in [2.24, 2.45) is 5.73 Å². The van der Waals surface area contributed by atoms with Crippen molar-refractivity contribution < 1.29 is 18.0 Å². The standard InChI is InChI=1S/C18H21F3N4O/c19-15-5-12(6-16(20)18(15)21)13-7-17(26)24(9-13)11-25-10-23-8-14(25)3-1-2-4-22/h5-6,8,10,13H,1-4,7,9,11,22H2. The van der Waals surface area contributed by atoms with Crippen LogP contribution in [-0.2, 0) is 17.9 Å².